The highest BCUT2D eigenvalue weighted by Gasteiger charge is 2.24. The number of aryl methyl sites for hydroxylation is 2. The SMILES string of the molecule is Cc1cccc(CCC(=O)N2CCN(C(=O)CNC(=O)OC(C)(C)C)CC2)c1. The van der Waals surface area contributed by atoms with Crippen LogP contribution in [0.25, 0.3) is 0 Å². The number of benzene rings is 1. The van der Waals surface area contributed by atoms with E-state index in [1.54, 1.807) is 30.6 Å². The molecule has 0 bridgehead atoms. The van der Waals surface area contributed by atoms with Gasteiger partial charge in [-0.2, -0.15) is 0 Å². The first-order valence-electron chi connectivity index (χ1n) is 9.72. The fourth-order valence-corrected chi connectivity index (χ4v) is 3.06. The molecular formula is C21H31N3O4. The zero-order valence-electron chi connectivity index (χ0n) is 17.3. The molecule has 154 valence electrons. The second-order valence-electron chi connectivity index (χ2n) is 8.11. The van der Waals surface area contributed by atoms with Crippen LogP contribution in [0.3, 0.4) is 0 Å². The molecule has 1 aromatic carbocycles. The Hall–Kier alpha value is -2.57. The number of piperazine rings is 1. The van der Waals surface area contributed by atoms with E-state index in [1.165, 1.54) is 5.56 Å². The summed E-state index contributed by atoms with van der Waals surface area (Å²) in [5.74, 6) is -0.0572. The van der Waals surface area contributed by atoms with E-state index >= 15 is 0 Å². The molecule has 1 aliphatic heterocycles. The summed E-state index contributed by atoms with van der Waals surface area (Å²) in [4.78, 5) is 39.8. The lowest BCUT2D eigenvalue weighted by Crippen LogP contribution is -2.52. The van der Waals surface area contributed by atoms with Crippen LogP contribution in [-0.4, -0.2) is 66.0 Å². The minimum absolute atomic E-state index is 0.101. The Morgan fingerprint density at radius 1 is 1.04 bits per heavy atom. The number of ether oxygens (including phenoxy) is 1. The Kier molecular flexibility index (Phi) is 7.43. The van der Waals surface area contributed by atoms with Crippen molar-refractivity contribution >= 4 is 17.9 Å². The number of hydrogen-bond acceptors (Lipinski definition) is 4. The summed E-state index contributed by atoms with van der Waals surface area (Å²) < 4.78 is 5.12. The Bertz CT molecular complexity index is 704. The van der Waals surface area contributed by atoms with Crippen LogP contribution in [0.1, 0.15) is 38.3 Å². The molecule has 1 heterocycles. The predicted octanol–water partition coefficient (Wildman–Crippen LogP) is 2.12. The van der Waals surface area contributed by atoms with Gasteiger partial charge in [0.1, 0.15) is 12.1 Å². The molecule has 1 N–H and O–H groups in total. The number of nitrogens with zero attached hydrogens (tertiary/aromatic N) is 2. The first-order valence-corrected chi connectivity index (χ1v) is 9.72. The molecule has 1 saturated heterocycles. The third-order valence-corrected chi connectivity index (χ3v) is 4.48. The Morgan fingerprint density at radius 2 is 1.64 bits per heavy atom. The fourth-order valence-electron chi connectivity index (χ4n) is 3.06. The van der Waals surface area contributed by atoms with Gasteiger partial charge < -0.3 is 19.9 Å². The lowest BCUT2D eigenvalue weighted by Gasteiger charge is -2.35. The van der Waals surface area contributed by atoms with E-state index in [0.717, 1.165) is 12.0 Å². The maximum Gasteiger partial charge on any atom is 0.408 e. The summed E-state index contributed by atoms with van der Waals surface area (Å²) in [6, 6.07) is 8.18. The lowest BCUT2D eigenvalue weighted by molar-refractivity contribution is -0.139. The molecule has 7 heteroatoms. The van der Waals surface area contributed by atoms with Crippen LogP contribution in [0.4, 0.5) is 4.79 Å². The Balaban J connectivity index is 1.70. The van der Waals surface area contributed by atoms with Crippen LogP contribution in [0.15, 0.2) is 24.3 Å². The van der Waals surface area contributed by atoms with Gasteiger partial charge in [-0.15, -0.1) is 0 Å². The van der Waals surface area contributed by atoms with Gasteiger partial charge in [-0.3, -0.25) is 9.59 Å². The summed E-state index contributed by atoms with van der Waals surface area (Å²) in [5.41, 5.74) is 1.75. The summed E-state index contributed by atoms with van der Waals surface area (Å²) in [6.45, 7) is 9.23. The molecule has 0 aromatic heterocycles. The van der Waals surface area contributed by atoms with Crippen LogP contribution < -0.4 is 5.32 Å². The van der Waals surface area contributed by atoms with Crippen LogP contribution in [0.2, 0.25) is 0 Å². The third kappa shape index (κ3) is 7.21. The van der Waals surface area contributed by atoms with Gasteiger partial charge in [0.25, 0.3) is 0 Å². The van der Waals surface area contributed by atoms with E-state index in [0.29, 0.717) is 32.6 Å². The number of carbonyl (C=O) groups excluding carboxylic acids is 3. The van der Waals surface area contributed by atoms with Gasteiger partial charge in [0.05, 0.1) is 0 Å². The highest BCUT2D eigenvalue weighted by Crippen LogP contribution is 2.10. The largest absolute Gasteiger partial charge is 0.444 e. The van der Waals surface area contributed by atoms with E-state index < -0.39 is 11.7 Å². The molecule has 2 rings (SSSR count). The minimum atomic E-state index is -0.606. The van der Waals surface area contributed by atoms with E-state index in [4.69, 9.17) is 4.74 Å². The first-order chi connectivity index (χ1) is 13.1. The van der Waals surface area contributed by atoms with Crippen LogP contribution in [-0.2, 0) is 20.7 Å². The summed E-state index contributed by atoms with van der Waals surface area (Å²) in [5, 5.41) is 2.48. The topological polar surface area (TPSA) is 79.0 Å². The Labute approximate surface area is 167 Å². The van der Waals surface area contributed by atoms with Gasteiger partial charge in [0.15, 0.2) is 0 Å². The van der Waals surface area contributed by atoms with Crippen molar-refractivity contribution < 1.29 is 19.1 Å². The second-order valence-corrected chi connectivity index (χ2v) is 8.11. The van der Waals surface area contributed by atoms with Crippen LogP contribution >= 0.6 is 0 Å². The summed E-state index contributed by atoms with van der Waals surface area (Å²) in [6.07, 6.45) is 0.586. The monoisotopic (exact) mass is 389 g/mol. The van der Waals surface area contributed by atoms with Crippen molar-refractivity contribution in [3.63, 3.8) is 0 Å². The van der Waals surface area contributed by atoms with Crippen molar-refractivity contribution in [3.8, 4) is 0 Å². The van der Waals surface area contributed by atoms with Crippen LogP contribution in [0.5, 0.6) is 0 Å². The predicted molar refractivity (Wildman–Crippen MR) is 107 cm³/mol. The van der Waals surface area contributed by atoms with Crippen molar-refractivity contribution in [2.24, 2.45) is 0 Å². The van der Waals surface area contributed by atoms with E-state index in [1.807, 2.05) is 25.1 Å². The Morgan fingerprint density at radius 3 is 2.21 bits per heavy atom. The van der Waals surface area contributed by atoms with Gasteiger partial charge >= 0.3 is 6.09 Å². The molecule has 0 saturated carbocycles. The van der Waals surface area contributed by atoms with Crippen molar-refractivity contribution in [3.05, 3.63) is 35.4 Å². The van der Waals surface area contributed by atoms with Gasteiger partial charge in [-0.05, 0) is 39.7 Å². The molecular weight excluding hydrogens is 358 g/mol. The maximum atomic E-state index is 12.4. The quantitative estimate of drug-likeness (QED) is 0.837. The van der Waals surface area contributed by atoms with Gasteiger partial charge in [-0.25, -0.2) is 4.79 Å². The average Bonchev–Trinajstić information content (AvgIpc) is 2.63. The molecule has 3 amide bonds. The minimum Gasteiger partial charge on any atom is -0.444 e. The number of nitrogens with one attached hydrogen (secondary N) is 1. The maximum absolute atomic E-state index is 12.4. The molecule has 28 heavy (non-hydrogen) atoms. The molecule has 1 aromatic rings. The van der Waals surface area contributed by atoms with Crippen molar-refractivity contribution in [1.82, 2.24) is 15.1 Å². The van der Waals surface area contributed by atoms with Crippen LogP contribution in [0, 0.1) is 6.92 Å². The molecule has 1 aliphatic rings. The number of alkyl carbamates (subject to hydrolysis) is 1. The molecule has 0 unspecified atom stereocenters. The average molecular weight is 389 g/mol. The molecule has 7 nitrogen and oxygen atoms in total. The van der Waals surface area contributed by atoms with E-state index in [2.05, 4.69) is 11.4 Å². The fraction of sp³-hybridized carbons (Fsp3) is 0.571. The lowest BCUT2D eigenvalue weighted by atomic mass is 10.1. The standard InChI is InChI=1S/C21H31N3O4/c1-16-6-5-7-17(14-16)8-9-18(25)23-10-12-24(13-11-23)19(26)15-22-20(27)28-21(2,3)4/h5-7,14H,8-13,15H2,1-4H3,(H,22,27). The molecule has 1 fully saturated rings. The highest BCUT2D eigenvalue weighted by molar-refractivity contribution is 5.83. The number of hydrogen-bond donors (Lipinski definition) is 1. The number of amides is 3. The van der Waals surface area contributed by atoms with Crippen molar-refractivity contribution in [1.29, 1.82) is 0 Å². The smallest absolute Gasteiger partial charge is 0.408 e. The van der Waals surface area contributed by atoms with Gasteiger partial charge in [0.2, 0.25) is 11.8 Å². The molecule has 0 atom stereocenters. The first kappa shape index (κ1) is 21.7. The number of carbonyl (C=O) groups is 3. The summed E-state index contributed by atoms with van der Waals surface area (Å²) in [7, 11) is 0. The van der Waals surface area contributed by atoms with Gasteiger partial charge in [0, 0.05) is 32.6 Å². The molecule has 0 spiro atoms. The molecule has 0 aliphatic carbocycles. The van der Waals surface area contributed by atoms with E-state index in [-0.39, 0.29) is 18.4 Å². The summed E-state index contributed by atoms with van der Waals surface area (Å²) >= 11 is 0. The third-order valence-electron chi connectivity index (χ3n) is 4.48. The highest BCUT2D eigenvalue weighted by atomic mass is 16.6. The second kappa shape index (κ2) is 9.57. The zero-order chi connectivity index (χ0) is 20.7. The molecule has 0 radical (unpaired) electrons. The normalized spacial score (nSPS) is 14.6. The van der Waals surface area contributed by atoms with Crippen molar-refractivity contribution in [2.45, 2.75) is 46.1 Å². The van der Waals surface area contributed by atoms with Gasteiger partial charge in [-0.1, -0.05) is 29.8 Å². The van der Waals surface area contributed by atoms with Crippen molar-refractivity contribution in [2.75, 3.05) is 32.7 Å². The zero-order valence-corrected chi connectivity index (χ0v) is 17.3. The number of rotatable bonds is 5. The van der Waals surface area contributed by atoms with E-state index in [9.17, 15) is 14.4 Å².